The first kappa shape index (κ1) is 11.0. The second-order valence-corrected chi connectivity index (χ2v) is 3.30. The summed E-state index contributed by atoms with van der Waals surface area (Å²) in [6, 6.07) is 3.91. The predicted molar refractivity (Wildman–Crippen MR) is 52.2 cm³/mol. The molecule has 0 N–H and O–H groups in total. The second kappa shape index (κ2) is 4.42. The molecule has 2 nitrogen and oxygen atoms in total. The van der Waals surface area contributed by atoms with Crippen LogP contribution in [0.5, 0.6) is 5.75 Å². The van der Waals surface area contributed by atoms with Crippen molar-refractivity contribution in [1.29, 1.82) is 0 Å². The molecule has 0 aromatic heterocycles. The number of hydrogen-bond donors (Lipinski definition) is 0. The quantitative estimate of drug-likeness (QED) is 0.727. The normalized spacial score (nSPS) is 12.3. The van der Waals surface area contributed by atoms with E-state index in [1.807, 2.05) is 0 Å². The van der Waals surface area contributed by atoms with Crippen molar-refractivity contribution in [1.82, 2.24) is 0 Å². The molecule has 76 valence electrons. The predicted octanol–water partition coefficient (Wildman–Crippen LogP) is 2.70. The monoisotopic (exact) mass is 216 g/mol. The van der Waals surface area contributed by atoms with Crippen LogP contribution in [-0.4, -0.2) is 12.9 Å². The average molecular weight is 217 g/mol. The SMILES string of the molecule is COc1ccc(F)cc1C(Cl)C(C)=O. The molecule has 0 radical (unpaired) electrons. The summed E-state index contributed by atoms with van der Waals surface area (Å²) in [5.41, 5.74) is 0.363. The third-order valence-corrected chi connectivity index (χ3v) is 2.36. The summed E-state index contributed by atoms with van der Waals surface area (Å²) in [5.74, 6) is -0.259. The number of hydrogen-bond acceptors (Lipinski definition) is 2. The molecule has 0 heterocycles. The van der Waals surface area contributed by atoms with E-state index in [0.29, 0.717) is 11.3 Å². The number of ketones is 1. The lowest BCUT2D eigenvalue weighted by molar-refractivity contribution is -0.116. The Labute approximate surface area is 86.6 Å². The summed E-state index contributed by atoms with van der Waals surface area (Å²) < 4.78 is 17.9. The summed E-state index contributed by atoms with van der Waals surface area (Å²) in [6.45, 7) is 1.35. The van der Waals surface area contributed by atoms with Crippen molar-refractivity contribution in [3.63, 3.8) is 0 Å². The van der Waals surface area contributed by atoms with Gasteiger partial charge in [0.15, 0.2) is 5.78 Å². The molecule has 1 rings (SSSR count). The number of benzene rings is 1. The molecule has 0 saturated heterocycles. The van der Waals surface area contributed by atoms with Crippen molar-refractivity contribution < 1.29 is 13.9 Å². The molecule has 0 amide bonds. The third-order valence-electron chi connectivity index (χ3n) is 1.82. The molecule has 0 fully saturated rings. The molecule has 0 aliphatic heterocycles. The summed E-state index contributed by atoms with van der Waals surface area (Å²) in [7, 11) is 1.44. The van der Waals surface area contributed by atoms with Crippen LogP contribution in [-0.2, 0) is 4.79 Å². The molecule has 14 heavy (non-hydrogen) atoms. The zero-order valence-corrected chi connectivity index (χ0v) is 8.64. The summed E-state index contributed by atoms with van der Waals surface area (Å²) in [6.07, 6.45) is 0. The van der Waals surface area contributed by atoms with Gasteiger partial charge in [0, 0.05) is 5.56 Å². The second-order valence-electron chi connectivity index (χ2n) is 2.86. The number of halogens is 2. The van der Waals surface area contributed by atoms with Crippen LogP contribution < -0.4 is 4.74 Å². The van der Waals surface area contributed by atoms with Gasteiger partial charge in [0.1, 0.15) is 16.9 Å². The van der Waals surface area contributed by atoms with E-state index in [2.05, 4.69) is 0 Å². The van der Waals surface area contributed by atoms with Crippen LogP contribution in [0, 0.1) is 5.82 Å². The zero-order valence-electron chi connectivity index (χ0n) is 7.88. The van der Waals surface area contributed by atoms with E-state index >= 15 is 0 Å². The van der Waals surface area contributed by atoms with E-state index in [4.69, 9.17) is 16.3 Å². The minimum atomic E-state index is -0.861. The third kappa shape index (κ3) is 2.23. The Kier molecular flexibility index (Phi) is 3.47. The number of Topliss-reactive ketones (excluding diaryl/α,β-unsaturated/α-hetero) is 1. The van der Waals surface area contributed by atoms with Gasteiger partial charge >= 0.3 is 0 Å². The number of alkyl halides is 1. The van der Waals surface area contributed by atoms with E-state index in [9.17, 15) is 9.18 Å². The van der Waals surface area contributed by atoms with Crippen molar-refractivity contribution in [2.24, 2.45) is 0 Å². The number of carbonyl (C=O) groups is 1. The number of carbonyl (C=O) groups excluding carboxylic acids is 1. The highest BCUT2D eigenvalue weighted by molar-refractivity contribution is 6.31. The Bertz CT molecular complexity index is 352. The van der Waals surface area contributed by atoms with Crippen molar-refractivity contribution >= 4 is 17.4 Å². The highest BCUT2D eigenvalue weighted by Crippen LogP contribution is 2.30. The van der Waals surface area contributed by atoms with E-state index in [1.54, 1.807) is 0 Å². The molecule has 0 aliphatic carbocycles. The van der Waals surface area contributed by atoms with Gasteiger partial charge in [-0.2, -0.15) is 0 Å². The van der Waals surface area contributed by atoms with Crippen LogP contribution in [0.25, 0.3) is 0 Å². The lowest BCUT2D eigenvalue weighted by Crippen LogP contribution is -2.04. The van der Waals surface area contributed by atoms with E-state index < -0.39 is 11.2 Å². The standard InChI is InChI=1S/C10H10ClFO2/c1-6(13)10(11)8-5-7(12)3-4-9(8)14-2/h3-5,10H,1-2H3. The molecular formula is C10H10ClFO2. The van der Waals surface area contributed by atoms with Crippen LogP contribution >= 0.6 is 11.6 Å². The van der Waals surface area contributed by atoms with Crippen LogP contribution in [0.4, 0.5) is 4.39 Å². The molecule has 1 atom stereocenters. The van der Waals surface area contributed by atoms with Gasteiger partial charge in [0.2, 0.25) is 0 Å². The molecule has 0 aliphatic rings. The number of methoxy groups -OCH3 is 1. The first-order chi connectivity index (χ1) is 6.56. The molecule has 0 bridgehead atoms. The molecule has 0 saturated carbocycles. The number of rotatable bonds is 3. The summed E-state index contributed by atoms with van der Waals surface area (Å²) >= 11 is 5.80. The van der Waals surface area contributed by atoms with Gasteiger partial charge in [-0.1, -0.05) is 0 Å². The Morgan fingerprint density at radius 2 is 2.21 bits per heavy atom. The maximum atomic E-state index is 12.9. The Hall–Kier alpha value is -1.09. The lowest BCUT2D eigenvalue weighted by atomic mass is 10.1. The van der Waals surface area contributed by atoms with Crippen molar-refractivity contribution in [2.45, 2.75) is 12.3 Å². The van der Waals surface area contributed by atoms with Gasteiger partial charge in [0.25, 0.3) is 0 Å². The van der Waals surface area contributed by atoms with Gasteiger partial charge in [-0.05, 0) is 25.1 Å². The van der Waals surface area contributed by atoms with E-state index in [1.165, 1.54) is 32.2 Å². The van der Waals surface area contributed by atoms with Gasteiger partial charge in [0.05, 0.1) is 7.11 Å². The first-order valence-electron chi connectivity index (χ1n) is 4.04. The number of ether oxygens (including phenoxy) is 1. The molecule has 1 aromatic rings. The van der Waals surface area contributed by atoms with Crippen LogP contribution in [0.2, 0.25) is 0 Å². The highest BCUT2D eigenvalue weighted by atomic mass is 35.5. The fraction of sp³-hybridized carbons (Fsp3) is 0.300. The summed E-state index contributed by atoms with van der Waals surface area (Å²) in [5, 5.41) is -0.861. The minimum absolute atomic E-state index is 0.240. The maximum absolute atomic E-state index is 12.9. The first-order valence-corrected chi connectivity index (χ1v) is 4.48. The van der Waals surface area contributed by atoms with E-state index in [0.717, 1.165) is 0 Å². The Morgan fingerprint density at radius 1 is 1.57 bits per heavy atom. The van der Waals surface area contributed by atoms with Gasteiger partial charge in [-0.15, -0.1) is 11.6 Å². The topological polar surface area (TPSA) is 26.3 Å². The molecule has 1 aromatic carbocycles. The van der Waals surface area contributed by atoms with E-state index in [-0.39, 0.29) is 5.78 Å². The van der Waals surface area contributed by atoms with Crippen molar-refractivity contribution in [2.75, 3.05) is 7.11 Å². The van der Waals surface area contributed by atoms with Crippen molar-refractivity contribution in [3.8, 4) is 5.75 Å². The van der Waals surface area contributed by atoms with Gasteiger partial charge in [-0.3, -0.25) is 4.79 Å². The minimum Gasteiger partial charge on any atom is -0.496 e. The van der Waals surface area contributed by atoms with Crippen LogP contribution in [0.3, 0.4) is 0 Å². The largest absolute Gasteiger partial charge is 0.496 e. The Morgan fingerprint density at radius 3 is 2.71 bits per heavy atom. The lowest BCUT2D eigenvalue weighted by Gasteiger charge is -2.11. The van der Waals surface area contributed by atoms with Gasteiger partial charge < -0.3 is 4.74 Å². The Balaban J connectivity index is 3.16. The van der Waals surface area contributed by atoms with Crippen molar-refractivity contribution in [3.05, 3.63) is 29.6 Å². The zero-order chi connectivity index (χ0) is 10.7. The van der Waals surface area contributed by atoms with Crippen LogP contribution in [0.1, 0.15) is 17.9 Å². The smallest absolute Gasteiger partial charge is 0.152 e. The fourth-order valence-corrected chi connectivity index (χ4v) is 1.29. The summed E-state index contributed by atoms with van der Waals surface area (Å²) in [4.78, 5) is 11.0. The van der Waals surface area contributed by atoms with Gasteiger partial charge in [-0.25, -0.2) is 4.39 Å². The average Bonchev–Trinajstić information content (AvgIpc) is 2.16. The molecule has 0 spiro atoms. The maximum Gasteiger partial charge on any atom is 0.152 e. The highest BCUT2D eigenvalue weighted by Gasteiger charge is 2.18. The fourth-order valence-electron chi connectivity index (χ4n) is 1.12. The molecule has 4 heteroatoms. The molecule has 1 unspecified atom stereocenters. The molecular weight excluding hydrogens is 207 g/mol. The van der Waals surface area contributed by atoms with Crippen LogP contribution in [0.15, 0.2) is 18.2 Å².